The second-order valence-corrected chi connectivity index (χ2v) is 4.57. The minimum atomic E-state index is -0.769. The maximum atomic E-state index is 12.0. The first kappa shape index (κ1) is 11.7. The van der Waals surface area contributed by atoms with Gasteiger partial charge in [-0.3, -0.25) is 4.79 Å². The van der Waals surface area contributed by atoms with Crippen LogP contribution in [0.25, 0.3) is 0 Å². The molecule has 3 heteroatoms. The molecule has 2 rings (SSSR count). The molecule has 0 heterocycles. The fourth-order valence-corrected chi connectivity index (χ4v) is 2.32. The third kappa shape index (κ3) is 2.47. The Morgan fingerprint density at radius 3 is 2.53 bits per heavy atom. The fraction of sp³-hybridized carbons (Fsp3) is 0.429. The first-order valence-electron chi connectivity index (χ1n) is 6.00. The molecule has 1 N–H and O–H groups in total. The standard InChI is InChI=1S/C14H16N2O/c15-11-14(8-4-5-9-14)13(17)16-10-12-6-2-1-3-7-12/h1-3,6-7H,4-5,8-10H2,(H,16,17). The fourth-order valence-electron chi connectivity index (χ4n) is 2.32. The number of benzene rings is 1. The van der Waals surface area contributed by atoms with Crippen molar-refractivity contribution in [2.75, 3.05) is 0 Å². The second-order valence-electron chi connectivity index (χ2n) is 4.57. The lowest BCUT2D eigenvalue weighted by molar-refractivity contribution is -0.128. The zero-order valence-electron chi connectivity index (χ0n) is 9.78. The van der Waals surface area contributed by atoms with Gasteiger partial charge in [-0.25, -0.2) is 0 Å². The zero-order chi connectivity index (χ0) is 12.1. The summed E-state index contributed by atoms with van der Waals surface area (Å²) >= 11 is 0. The van der Waals surface area contributed by atoms with E-state index in [0.29, 0.717) is 19.4 Å². The topological polar surface area (TPSA) is 52.9 Å². The number of rotatable bonds is 3. The van der Waals surface area contributed by atoms with Crippen molar-refractivity contribution in [2.24, 2.45) is 5.41 Å². The van der Waals surface area contributed by atoms with Gasteiger partial charge in [0.1, 0.15) is 5.41 Å². The van der Waals surface area contributed by atoms with Crippen molar-refractivity contribution in [3.8, 4) is 6.07 Å². The Morgan fingerprint density at radius 2 is 1.94 bits per heavy atom. The number of hydrogen-bond donors (Lipinski definition) is 1. The van der Waals surface area contributed by atoms with Gasteiger partial charge < -0.3 is 5.32 Å². The van der Waals surface area contributed by atoms with Crippen LogP contribution in [0.5, 0.6) is 0 Å². The highest BCUT2D eigenvalue weighted by molar-refractivity contribution is 5.85. The van der Waals surface area contributed by atoms with Crippen molar-refractivity contribution in [2.45, 2.75) is 32.2 Å². The van der Waals surface area contributed by atoms with Gasteiger partial charge in [-0.15, -0.1) is 0 Å². The Kier molecular flexibility index (Phi) is 3.43. The number of carbonyl (C=O) groups is 1. The molecule has 0 unspecified atom stereocenters. The lowest BCUT2D eigenvalue weighted by Crippen LogP contribution is -2.37. The van der Waals surface area contributed by atoms with Gasteiger partial charge in [-0.2, -0.15) is 5.26 Å². The van der Waals surface area contributed by atoms with Gasteiger partial charge in [0.15, 0.2) is 0 Å². The van der Waals surface area contributed by atoms with Gasteiger partial charge in [-0.1, -0.05) is 43.2 Å². The molecule has 1 aliphatic rings. The number of amides is 1. The molecular weight excluding hydrogens is 212 g/mol. The van der Waals surface area contributed by atoms with Gasteiger partial charge in [-0.05, 0) is 18.4 Å². The van der Waals surface area contributed by atoms with Crippen molar-refractivity contribution in [3.05, 3.63) is 35.9 Å². The van der Waals surface area contributed by atoms with Crippen LogP contribution >= 0.6 is 0 Å². The van der Waals surface area contributed by atoms with Crippen molar-refractivity contribution < 1.29 is 4.79 Å². The molecule has 0 aromatic heterocycles. The van der Waals surface area contributed by atoms with Crippen LogP contribution in [0.4, 0.5) is 0 Å². The molecule has 1 amide bonds. The van der Waals surface area contributed by atoms with Crippen molar-refractivity contribution in [1.29, 1.82) is 5.26 Å². The summed E-state index contributed by atoms with van der Waals surface area (Å²) in [5.74, 6) is -0.110. The van der Waals surface area contributed by atoms with Crippen molar-refractivity contribution in [1.82, 2.24) is 5.32 Å². The molecular formula is C14H16N2O. The van der Waals surface area contributed by atoms with Crippen LogP contribution in [0.15, 0.2) is 30.3 Å². The van der Waals surface area contributed by atoms with E-state index < -0.39 is 5.41 Å². The summed E-state index contributed by atoms with van der Waals surface area (Å²) in [5.41, 5.74) is 0.293. The molecule has 88 valence electrons. The Labute approximate surface area is 101 Å². The van der Waals surface area contributed by atoms with Gasteiger partial charge in [0.05, 0.1) is 6.07 Å². The van der Waals surface area contributed by atoms with E-state index in [0.717, 1.165) is 18.4 Å². The molecule has 1 aliphatic carbocycles. The van der Waals surface area contributed by atoms with Crippen LogP contribution in [0, 0.1) is 16.7 Å². The van der Waals surface area contributed by atoms with E-state index in [1.165, 1.54) is 0 Å². The highest BCUT2D eigenvalue weighted by Crippen LogP contribution is 2.37. The van der Waals surface area contributed by atoms with E-state index in [4.69, 9.17) is 0 Å². The number of nitrogens with zero attached hydrogens (tertiary/aromatic N) is 1. The van der Waals surface area contributed by atoms with Crippen LogP contribution in [-0.4, -0.2) is 5.91 Å². The van der Waals surface area contributed by atoms with E-state index in [-0.39, 0.29) is 5.91 Å². The third-order valence-electron chi connectivity index (χ3n) is 3.40. The molecule has 0 aliphatic heterocycles. The predicted octanol–water partition coefficient (Wildman–Crippen LogP) is 2.39. The normalized spacial score (nSPS) is 17.4. The average Bonchev–Trinajstić information content (AvgIpc) is 2.87. The van der Waals surface area contributed by atoms with Crippen molar-refractivity contribution in [3.63, 3.8) is 0 Å². The lowest BCUT2D eigenvalue weighted by Gasteiger charge is -2.19. The molecule has 0 radical (unpaired) electrons. The van der Waals surface area contributed by atoms with Crippen LogP contribution in [0.1, 0.15) is 31.2 Å². The highest BCUT2D eigenvalue weighted by atomic mass is 16.2. The summed E-state index contributed by atoms with van der Waals surface area (Å²) < 4.78 is 0. The Balaban J connectivity index is 1.96. The molecule has 0 spiro atoms. The van der Waals surface area contributed by atoms with Crippen LogP contribution in [0.2, 0.25) is 0 Å². The largest absolute Gasteiger partial charge is 0.351 e. The quantitative estimate of drug-likeness (QED) is 0.863. The predicted molar refractivity (Wildman–Crippen MR) is 64.8 cm³/mol. The molecule has 1 saturated carbocycles. The van der Waals surface area contributed by atoms with Crippen LogP contribution in [0.3, 0.4) is 0 Å². The van der Waals surface area contributed by atoms with Gasteiger partial charge in [0.2, 0.25) is 5.91 Å². The van der Waals surface area contributed by atoms with Crippen molar-refractivity contribution >= 4 is 5.91 Å². The number of carbonyl (C=O) groups excluding carboxylic acids is 1. The smallest absolute Gasteiger partial charge is 0.240 e. The molecule has 0 saturated heterocycles. The van der Waals surface area contributed by atoms with E-state index in [9.17, 15) is 10.1 Å². The molecule has 1 aromatic carbocycles. The van der Waals surface area contributed by atoms with E-state index in [1.807, 2.05) is 30.3 Å². The average molecular weight is 228 g/mol. The minimum absolute atomic E-state index is 0.110. The minimum Gasteiger partial charge on any atom is -0.351 e. The second kappa shape index (κ2) is 5.01. The lowest BCUT2D eigenvalue weighted by atomic mass is 9.87. The SMILES string of the molecule is N#CC1(C(=O)NCc2ccccc2)CCCC1. The molecule has 3 nitrogen and oxygen atoms in total. The molecule has 0 bridgehead atoms. The number of nitrogens with one attached hydrogen (secondary N) is 1. The first-order chi connectivity index (χ1) is 8.27. The zero-order valence-corrected chi connectivity index (χ0v) is 9.78. The van der Waals surface area contributed by atoms with Crippen LogP contribution < -0.4 is 5.32 Å². The maximum Gasteiger partial charge on any atom is 0.240 e. The number of nitriles is 1. The number of hydrogen-bond acceptors (Lipinski definition) is 2. The summed E-state index contributed by atoms with van der Waals surface area (Å²) in [6.07, 6.45) is 3.35. The maximum absolute atomic E-state index is 12.0. The summed E-state index contributed by atoms with van der Waals surface area (Å²) in [6.45, 7) is 0.503. The Morgan fingerprint density at radius 1 is 1.29 bits per heavy atom. The van der Waals surface area contributed by atoms with E-state index >= 15 is 0 Å². The van der Waals surface area contributed by atoms with Gasteiger partial charge >= 0.3 is 0 Å². The summed E-state index contributed by atoms with van der Waals surface area (Å²) in [7, 11) is 0. The summed E-state index contributed by atoms with van der Waals surface area (Å²) in [4.78, 5) is 12.0. The third-order valence-corrected chi connectivity index (χ3v) is 3.40. The summed E-state index contributed by atoms with van der Waals surface area (Å²) in [5, 5.41) is 12.0. The van der Waals surface area contributed by atoms with E-state index in [1.54, 1.807) is 0 Å². The summed E-state index contributed by atoms with van der Waals surface area (Å²) in [6, 6.07) is 12.0. The molecule has 1 aromatic rings. The monoisotopic (exact) mass is 228 g/mol. The Bertz CT molecular complexity index is 427. The molecule has 1 fully saturated rings. The van der Waals surface area contributed by atoms with Crippen LogP contribution in [-0.2, 0) is 11.3 Å². The van der Waals surface area contributed by atoms with Gasteiger partial charge in [0.25, 0.3) is 0 Å². The molecule has 17 heavy (non-hydrogen) atoms. The van der Waals surface area contributed by atoms with Gasteiger partial charge in [0, 0.05) is 6.54 Å². The Hall–Kier alpha value is -1.82. The first-order valence-corrected chi connectivity index (χ1v) is 6.00. The highest BCUT2D eigenvalue weighted by Gasteiger charge is 2.41. The molecule has 0 atom stereocenters. The van der Waals surface area contributed by atoms with E-state index in [2.05, 4.69) is 11.4 Å².